The fourth-order valence-corrected chi connectivity index (χ4v) is 4.19. The number of aromatic nitrogens is 3. The number of ether oxygens (including phenoxy) is 1. The maximum absolute atomic E-state index is 12.9. The van der Waals surface area contributed by atoms with Crippen LogP contribution >= 0.6 is 0 Å². The zero-order valence-corrected chi connectivity index (χ0v) is 17.5. The van der Waals surface area contributed by atoms with Crippen molar-refractivity contribution >= 4 is 15.7 Å². The van der Waals surface area contributed by atoms with E-state index in [1.807, 2.05) is 0 Å². The Balaban J connectivity index is 1.60. The van der Waals surface area contributed by atoms with Gasteiger partial charge in [0.15, 0.2) is 0 Å². The van der Waals surface area contributed by atoms with Gasteiger partial charge in [0.05, 0.1) is 12.1 Å². The molecule has 4 aromatic rings. The normalized spacial score (nSPS) is 11.8. The highest BCUT2D eigenvalue weighted by atomic mass is 32.2. The average molecular weight is 476 g/mol. The van der Waals surface area contributed by atoms with Crippen molar-refractivity contribution < 1.29 is 30.8 Å². The van der Waals surface area contributed by atoms with Crippen molar-refractivity contribution in [2.45, 2.75) is 17.7 Å². The molecule has 0 aliphatic heterocycles. The van der Waals surface area contributed by atoms with Gasteiger partial charge in [-0.3, -0.25) is 9.71 Å². The second-order valence-electron chi connectivity index (χ2n) is 6.69. The molecule has 33 heavy (non-hydrogen) atoms. The SMILES string of the molecule is O=S(=O)(Nc1ccccc1Cc1nc(-c2cccnc2)no1)c1ccccc1OC(F)(F)F. The van der Waals surface area contributed by atoms with Gasteiger partial charge in [-0.05, 0) is 35.9 Å². The van der Waals surface area contributed by atoms with Crippen LogP contribution in [0.4, 0.5) is 18.9 Å². The summed E-state index contributed by atoms with van der Waals surface area (Å²) in [5, 5.41) is 3.89. The second kappa shape index (κ2) is 8.90. The van der Waals surface area contributed by atoms with Crippen molar-refractivity contribution in [2.75, 3.05) is 4.72 Å². The number of anilines is 1. The number of rotatable bonds is 7. The van der Waals surface area contributed by atoms with Crippen molar-refractivity contribution in [3.05, 3.63) is 84.5 Å². The summed E-state index contributed by atoms with van der Waals surface area (Å²) in [6.07, 6.45) is -1.80. The number of nitrogens with one attached hydrogen (secondary N) is 1. The van der Waals surface area contributed by atoms with Crippen LogP contribution in [0.5, 0.6) is 5.75 Å². The third kappa shape index (κ3) is 5.47. The number of benzene rings is 2. The van der Waals surface area contributed by atoms with Crippen LogP contribution < -0.4 is 9.46 Å². The first-order chi connectivity index (χ1) is 15.7. The summed E-state index contributed by atoms with van der Waals surface area (Å²) in [6, 6.07) is 14.3. The van der Waals surface area contributed by atoms with Crippen LogP contribution in [-0.2, 0) is 16.4 Å². The molecule has 2 aromatic carbocycles. The van der Waals surface area contributed by atoms with Crippen LogP contribution in [0.1, 0.15) is 11.5 Å². The van der Waals surface area contributed by atoms with Gasteiger partial charge in [0, 0.05) is 18.0 Å². The molecule has 0 bridgehead atoms. The number of sulfonamides is 1. The van der Waals surface area contributed by atoms with E-state index in [9.17, 15) is 21.6 Å². The van der Waals surface area contributed by atoms with Crippen molar-refractivity contribution in [3.8, 4) is 17.1 Å². The van der Waals surface area contributed by atoms with Crippen molar-refractivity contribution in [1.82, 2.24) is 15.1 Å². The lowest BCUT2D eigenvalue weighted by Crippen LogP contribution is -2.21. The minimum Gasteiger partial charge on any atom is -0.404 e. The van der Waals surface area contributed by atoms with Gasteiger partial charge in [0.25, 0.3) is 10.0 Å². The Hall–Kier alpha value is -3.93. The topological polar surface area (TPSA) is 107 Å². The Morgan fingerprint density at radius 3 is 2.52 bits per heavy atom. The number of para-hydroxylation sites is 2. The van der Waals surface area contributed by atoms with E-state index in [-0.39, 0.29) is 18.0 Å². The molecule has 0 spiro atoms. The number of halogens is 3. The van der Waals surface area contributed by atoms with Gasteiger partial charge >= 0.3 is 6.36 Å². The van der Waals surface area contributed by atoms with Gasteiger partial charge in [0.2, 0.25) is 11.7 Å². The third-order valence-corrected chi connectivity index (χ3v) is 5.76. The molecule has 2 aromatic heterocycles. The summed E-state index contributed by atoms with van der Waals surface area (Å²) in [5.41, 5.74) is 1.25. The Labute approximate surface area is 186 Å². The molecular weight excluding hydrogens is 461 g/mol. The van der Waals surface area contributed by atoms with E-state index in [2.05, 4.69) is 24.6 Å². The molecule has 8 nitrogen and oxygen atoms in total. The molecule has 0 atom stereocenters. The summed E-state index contributed by atoms with van der Waals surface area (Å²) in [6.45, 7) is 0. The van der Waals surface area contributed by atoms with Crippen LogP contribution in [0.25, 0.3) is 11.4 Å². The Bertz CT molecular complexity index is 1360. The van der Waals surface area contributed by atoms with Gasteiger partial charge in [-0.2, -0.15) is 4.98 Å². The molecule has 170 valence electrons. The molecule has 4 rings (SSSR count). The maximum Gasteiger partial charge on any atom is 0.573 e. The van der Waals surface area contributed by atoms with Crippen molar-refractivity contribution in [2.24, 2.45) is 0 Å². The lowest BCUT2D eigenvalue weighted by Gasteiger charge is -2.15. The average Bonchev–Trinajstić information content (AvgIpc) is 3.23. The van der Waals surface area contributed by atoms with Crippen molar-refractivity contribution in [1.29, 1.82) is 0 Å². The summed E-state index contributed by atoms with van der Waals surface area (Å²) in [7, 11) is -4.42. The summed E-state index contributed by atoms with van der Waals surface area (Å²) in [5.74, 6) is -0.316. The predicted molar refractivity (Wildman–Crippen MR) is 111 cm³/mol. The molecule has 12 heteroatoms. The number of nitrogens with zero attached hydrogens (tertiary/aromatic N) is 3. The molecule has 2 heterocycles. The molecule has 0 radical (unpaired) electrons. The maximum atomic E-state index is 12.9. The largest absolute Gasteiger partial charge is 0.573 e. The zero-order chi connectivity index (χ0) is 23.5. The monoisotopic (exact) mass is 476 g/mol. The van der Waals surface area contributed by atoms with Crippen LogP contribution in [-0.4, -0.2) is 29.9 Å². The Morgan fingerprint density at radius 1 is 1.00 bits per heavy atom. The fourth-order valence-electron chi connectivity index (χ4n) is 2.96. The van der Waals surface area contributed by atoms with E-state index >= 15 is 0 Å². The van der Waals surface area contributed by atoms with Gasteiger partial charge < -0.3 is 9.26 Å². The molecule has 0 fully saturated rings. The summed E-state index contributed by atoms with van der Waals surface area (Å²) < 4.78 is 75.3. The smallest absolute Gasteiger partial charge is 0.404 e. The van der Waals surface area contributed by atoms with E-state index in [4.69, 9.17) is 4.52 Å². The Kier molecular flexibility index (Phi) is 6.01. The first-order valence-corrected chi connectivity index (χ1v) is 10.9. The summed E-state index contributed by atoms with van der Waals surface area (Å²) >= 11 is 0. The fraction of sp³-hybridized carbons (Fsp3) is 0.0952. The Morgan fingerprint density at radius 2 is 1.76 bits per heavy atom. The van der Waals surface area contributed by atoms with Crippen LogP contribution in [0, 0.1) is 0 Å². The molecule has 1 N–H and O–H groups in total. The molecule has 0 unspecified atom stereocenters. The molecule has 0 aliphatic rings. The highest BCUT2D eigenvalue weighted by Crippen LogP contribution is 2.31. The lowest BCUT2D eigenvalue weighted by molar-refractivity contribution is -0.275. The van der Waals surface area contributed by atoms with E-state index in [1.54, 1.807) is 42.7 Å². The lowest BCUT2D eigenvalue weighted by atomic mass is 10.1. The number of hydrogen-bond donors (Lipinski definition) is 1. The second-order valence-corrected chi connectivity index (χ2v) is 8.34. The van der Waals surface area contributed by atoms with E-state index < -0.39 is 27.0 Å². The van der Waals surface area contributed by atoms with Crippen LogP contribution in [0.15, 0.2) is 82.5 Å². The minimum absolute atomic E-state index is 0.0760. The molecule has 0 aliphatic carbocycles. The van der Waals surface area contributed by atoms with Gasteiger partial charge in [0.1, 0.15) is 10.6 Å². The first kappa shape index (κ1) is 22.3. The molecule has 0 saturated heterocycles. The van der Waals surface area contributed by atoms with E-state index in [0.29, 0.717) is 17.0 Å². The van der Waals surface area contributed by atoms with Crippen molar-refractivity contribution in [3.63, 3.8) is 0 Å². The predicted octanol–water partition coefficient (Wildman–Crippen LogP) is 4.42. The standard InChI is InChI=1S/C21H15F3N4O4S/c22-21(23,24)31-17-9-3-4-10-18(17)33(29,30)28-16-8-2-1-6-14(16)12-19-26-20(27-32-19)15-7-5-11-25-13-15/h1-11,13,28H,12H2. The van der Waals surface area contributed by atoms with E-state index in [0.717, 1.165) is 12.1 Å². The molecule has 0 saturated carbocycles. The zero-order valence-electron chi connectivity index (χ0n) is 16.7. The molecule has 0 amide bonds. The van der Waals surface area contributed by atoms with Gasteiger partial charge in [-0.25, -0.2) is 8.42 Å². The highest BCUT2D eigenvalue weighted by molar-refractivity contribution is 7.92. The van der Waals surface area contributed by atoms with Crippen LogP contribution in [0.2, 0.25) is 0 Å². The third-order valence-electron chi connectivity index (χ3n) is 4.36. The number of pyridine rings is 1. The highest BCUT2D eigenvalue weighted by Gasteiger charge is 2.34. The van der Waals surface area contributed by atoms with Crippen LogP contribution in [0.3, 0.4) is 0 Å². The summed E-state index contributed by atoms with van der Waals surface area (Å²) in [4.78, 5) is 7.62. The number of hydrogen-bond acceptors (Lipinski definition) is 7. The number of alkyl halides is 3. The minimum atomic E-state index is -5.05. The van der Waals surface area contributed by atoms with Gasteiger partial charge in [-0.1, -0.05) is 35.5 Å². The molecular formula is C21H15F3N4O4S. The first-order valence-electron chi connectivity index (χ1n) is 9.40. The quantitative estimate of drug-likeness (QED) is 0.421. The van der Waals surface area contributed by atoms with Gasteiger partial charge in [-0.15, -0.1) is 13.2 Å². The van der Waals surface area contributed by atoms with E-state index in [1.165, 1.54) is 18.2 Å².